The molecule has 0 saturated heterocycles. The summed E-state index contributed by atoms with van der Waals surface area (Å²) in [5, 5.41) is 0. The van der Waals surface area contributed by atoms with Crippen molar-refractivity contribution in [3.05, 3.63) is 64.1 Å². The van der Waals surface area contributed by atoms with Gasteiger partial charge in [0.25, 0.3) is 0 Å². The molecule has 118 valence electrons. The van der Waals surface area contributed by atoms with E-state index < -0.39 is 5.76 Å². The molecule has 0 bridgehead atoms. The van der Waals surface area contributed by atoms with Crippen molar-refractivity contribution in [3.8, 4) is 0 Å². The second-order valence-corrected chi connectivity index (χ2v) is 5.66. The molecule has 0 aliphatic carbocycles. The number of aromatic nitrogens is 1. The van der Waals surface area contributed by atoms with Gasteiger partial charge >= 0.3 is 5.76 Å². The standard InChI is InChI=1S/C18H18N2O3/c1-12-8-9-13(2)15(10-12)19(3)17(21)11-20-14-6-4-5-7-16(14)23-18(20)22/h4-10H,11H2,1-3H3. The van der Waals surface area contributed by atoms with Crippen molar-refractivity contribution in [2.75, 3.05) is 11.9 Å². The second-order valence-electron chi connectivity index (χ2n) is 5.66. The van der Waals surface area contributed by atoms with Gasteiger partial charge in [-0.05, 0) is 43.2 Å². The number of nitrogens with zero attached hydrogens (tertiary/aromatic N) is 2. The molecule has 0 saturated carbocycles. The number of benzene rings is 2. The van der Waals surface area contributed by atoms with Gasteiger partial charge in [-0.2, -0.15) is 0 Å². The molecular weight excluding hydrogens is 292 g/mol. The van der Waals surface area contributed by atoms with Crippen LogP contribution in [0.25, 0.3) is 11.1 Å². The Hall–Kier alpha value is -2.82. The zero-order valence-corrected chi connectivity index (χ0v) is 13.4. The van der Waals surface area contributed by atoms with Crippen molar-refractivity contribution in [3.63, 3.8) is 0 Å². The Balaban J connectivity index is 1.93. The number of oxazole rings is 1. The summed E-state index contributed by atoms with van der Waals surface area (Å²) in [5.74, 6) is -0.693. The van der Waals surface area contributed by atoms with E-state index in [1.165, 1.54) is 4.57 Å². The summed E-state index contributed by atoms with van der Waals surface area (Å²) in [7, 11) is 1.72. The average Bonchev–Trinajstić information content (AvgIpc) is 2.85. The zero-order valence-electron chi connectivity index (χ0n) is 13.4. The van der Waals surface area contributed by atoms with Gasteiger partial charge in [0.05, 0.1) is 5.52 Å². The van der Waals surface area contributed by atoms with Crippen LogP contribution >= 0.6 is 0 Å². The fourth-order valence-corrected chi connectivity index (χ4v) is 2.62. The van der Waals surface area contributed by atoms with Crippen LogP contribution in [0.4, 0.5) is 5.69 Å². The third-order valence-corrected chi connectivity index (χ3v) is 3.97. The van der Waals surface area contributed by atoms with Gasteiger partial charge < -0.3 is 9.32 Å². The van der Waals surface area contributed by atoms with Crippen molar-refractivity contribution in [2.24, 2.45) is 0 Å². The van der Waals surface area contributed by atoms with Gasteiger partial charge in [0.2, 0.25) is 5.91 Å². The maximum Gasteiger partial charge on any atom is 0.420 e. The normalized spacial score (nSPS) is 10.9. The van der Waals surface area contributed by atoms with Crippen molar-refractivity contribution < 1.29 is 9.21 Å². The number of hydrogen-bond acceptors (Lipinski definition) is 3. The number of hydrogen-bond donors (Lipinski definition) is 0. The number of likely N-dealkylation sites (N-methyl/N-ethyl adjacent to an activating group) is 1. The zero-order chi connectivity index (χ0) is 16.6. The number of carbonyl (C=O) groups excluding carboxylic acids is 1. The van der Waals surface area contributed by atoms with Crippen LogP contribution in [0.1, 0.15) is 11.1 Å². The van der Waals surface area contributed by atoms with E-state index in [9.17, 15) is 9.59 Å². The number of rotatable bonds is 3. The lowest BCUT2D eigenvalue weighted by atomic mass is 10.1. The monoisotopic (exact) mass is 310 g/mol. The Morgan fingerprint density at radius 3 is 2.70 bits per heavy atom. The van der Waals surface area contributed by atoms with Crippen LogP contribution in [0.2, 0.25) is 0 Å². The lowest BCUT2D eigenvalue weighted by Crippen LogP contribution is -2.33. The van der Waals surface area contributed by atoms with Crippen molar-refractivity contribution in [1.82, 2.24) is 4.57 Å². The molecule has 3 aromatic rings. The van der Waals surface area contributed by atoms with Crippen LogP contribution in [-0.2, 0) is 11.3 Å². The van der Waals surface area contributed by atoms with Gasteiger partial charge in [0.1, 0.15) is 6.54 Å². The van der Waals surface area contributed by atoms with Gasteiger partial charge in [0, 0.05) is 12.7 Å². The minimum Gasteiger partial charge on any atom is -0.408 e. The number of amides is 1. The summed E-state index contributed by atoms with van der Waals surface area (Å²) >= 11 is 0. The van der Waals surface area contributed by atoms with Crippen LogP contribution in [0.15, 0.2) is 51.7 Å². The second kappa shape index (κ2) is 5.76. The minimum atomic E-state index is -0.520. The van der Waals surface area contributed by atoms with Crippen molar-refractivity contribution >= 4 is 22.7 Å². The van der Waals surface area contributed by atoms with E-state index in [-0.39, 0.29) is 12.5 Å². The van der Waals surface area contributed by atoms with E-state index in [4.69, 9.17) is 4.42 Å². The number of anilines is 1. The Morgan fingerprint density at radius 2 is 1.91 bits per heavy atom. The summed E-state index contributed by atoms with van der Waals surface area (Å²) in [5.41, 5.74) is 4.04. The van der Waals surface area contributed by atoms with Crippen molar-refractivity contribution in [2.45, 2.75) is 20.4 Å². The van der Waals surface area contributed by atoms with Gasteiger partial charge in [-0.15, -0.1) is 0 Å². The Bertz CT molecular complexity index is 937. The summed E-state index contributed by atoms with van der Waals surface area (Å²) in [4.78, 5) is 26.2. The molecule has 23 heavy (non-hydrogen) atoms. The van der Waals surface area contributed by atoms with Crippen LogP contribution in [0.5, 0.6) is 0 Å². The van der Waals surface area contributed by atoms with Crippen LogP contribution in [0, 0.1) is 13.8 Å². The fourth-order valence-electron chi connectivity index (χ4n) is 2.62. The smallest absolute Gasteiger partial charge is 0.408 e. The highest BCUT2D eigenvalue weighted by atomic mass is 16.4. The van der Waals surface area contributed by atoms with E-state index >= 15 is 0 Å². The Kier molecular flexibility index (Phi) is 3.78. The van der Waals surface area contributed by atoms with E-state index in [1.807, 2.05) is 38.1 Å². The molecule has 0 atom stereocenters. The first kappa shape index (κ1) is 15.1. The maximum atomic E-state index is 12.6. The summed E-state index contributed by atoms with van der Waals surface area (Å²) in [6.07, 6.45) is 0. The number of carbonyl (C=O) groups is 1. The van der Waals surface area contributed by atoms with E-state index in [0.717, 1.165) is 16.8 Å². The molecule has 0 spiro atoms. The molecule has 0 fully saturated rings. The molecule has 3 rings (SSSR count). The van der Waals surface area contributed by atoms with Crippen LogP contribution in [0.3, 0.4) is 0 Å². The molecule has 0 N–H and O–H groups in total. The molecule has 0 aliphatic heterocycles. The summed E-state index contributed by atoms with van der Waals surface area (Å²) < 4.78 is 6.53. The highest BCUT2D eigenvalue weighted by molar-refractivity contribution is 5.94. The average molecular weight is 310 g/mol. The Morgan fingerprint density at radius 1 is 1.17 bits per heavy atom. The van der Waals surface area contributed by atoms with Gasteiger partial charge in [0.15, 0.2) is 5.58 Å². The predicted octanol–water partition coefficient (Wildman–Crippen LogP) is 2.87. The predicted molar refractivity (Wildman–Crippen MR) is 89.8 cm³/mol. The maximum absolute atomic E-state index is 12.6. The highest BCUT2D eigenvalue weighted by Crippen LogP contribution is 2.21. The molecular formula is C18H18N2O3. The number of fused-ring (bicyclic) bond motifs is 1. The molecule has 2 aromatic carbocycles. The topological polar surface area (TPSA) is 55.5 Å². The SMILES string of the molecule is Cc1ccc(C)c(N(C)C(=O)Cn2c(=O)oc3ccccc32)c1. The lowest BCUT2D eigenvalue weighted by Gasteiger charge is -2.20. The molecule has 0 unspecified atom stereocenters. The molecule has 0 radical (unpaired) electrons. The Labute approximate surface area is 133 Å². The first-order chi connectivity index (χ1) is 11.0. The van der Waals surface area contributed by atoms with Crippen LogP contribution < -0.4 is 10.7 Å². The van der Waals surface area contributed by atoms with Gasteiger partial charge in [-0.1, -0.05) is 24.3 Å². The number of aryl methyl sites for hydroxylation is 2. The van der Waals surface area contributed by atoms with E-state index in [0.29, 0.717) is 11.1 Å². The first-order valence-electron chi connectivity index (χ1n) is 7.39. The largest absolute Gasteiger partial charge is 0.420 e. The molecule has 0 aliphatic rings. The number of para-hydroxylation sites is 2. The highest BCUT2D eigenvalue weighted by Gasteiger charge is 2.17. The van der Waals surface area contributed by atoms with E-state index in [1.54, 1.807) is 30.1 Å². The van der Waals surface area contributed by atoms with E-state index in [2.05, 4.69) is 0 Å². The molecule has 1 heterocycles. The third kappa shape index (κ3) is 2.77. The summed E-state index contributed by atoms with van der Waals surface area (Å²) in [6.45, 7) is 3.88. The van der Waals surface area contributed by atoms with Crippen molar-refractivity contribution in [1.29, 1.82) is 0 Å². The quantitative estimate of drug-likeness (QED) is 0.747. The molecule has 1 amide bonds. The third-order valence-electron chi connectivity index (χ3n) is 3.97. The molecule has 5 heteroatoms. The molecule has 5 nitrogen and oxygen atoms in total. The minimum absolute atomic E-state index is 0.0558. The van der Waals surface area contributed by atoms with Gasteiger partial charge in [-0.3, -0.25) is 9.36 Å². The summed E-state index contributed by atoms with van der Waals surface area (Å²) in [6, 6.07) is 13.0. The van der Waals surface area contributed by atoms with Crippen LogP contribution in [-0.4, -0.2) is 17.5 Å². The molecule has 1 aromatic heterocycles. The van der Waals surface area contributed by atoms with Gasteiger partial charge in [-0.25, -0.2) is 4.79 Å². The fraction of sp³-hybridized carbons (Fsp3) is 0.222. The lowest BCUT2D eigenvalue weighted by molar-refractivity contribution is -0.118. The first-order valence-corrected chi connectivity index (χ1v) is 7.39.